The predicted molar refractivity (Wildman–Crippen MR) is 82.0 cm³/mol. The lowest BCUT2D eigenvalue weighted by Gasteiger charge is -2.25. The average molecular weight is 291 g/mol. The molecule has 1 heterocycles. The van der Waals surface area contributed by atoms with Gasteiger partial charge in [0.15, 0.2) is 0 Å². The SMILES string of the molecule is CC[C@@H](NC(=O)OC(C)(C)C)c1cncn1C1CC=CC1. The van der Waals surface area contributed by atoms with Crippen LogP contribution in [0, 0.1) is 0 Å². The van der Waals surface area contributed by atoms with E-state index in [-0.39, 0.29) is 12.1 Å². The van der Waals surface area contributed by atoms with E-state index in [2.05, 4.69) is 27.0 Å². The minimum atomic E-state index is -0.488. The molecule has 5 heteroatoms. The van der Waals surface area contributed by atoms with Crippen LogP contribution in [0.4, 0.5) is 4.79 Å². The second-order valence-electron chi connectivity index (χ2n) is 6.43. The Morgan fingerprint density at radius 1 is 1.48 bits per heavy atom. The molecule has 1 N–H and O–H groups in total. The first-order chi connectivity index (χ1) is 9.90. The van der Waals surface area contributed by atoms with Crippen molar-refractivity contribution in [3.63, 3.8) is 0 Å². The lowest BCUT2D eigenvalue weighted by atomic mass is 10.1. The molecule has 0 radical (unpaired) electrons. The maximum atomic E-state index is 12.0. The summed E-state index contributed by atoms with van der Waals surface area (Å²) >= 11 is 0. The number of nitrogens with one attached hydrogen (secondary N) is 1. The molecule has 5 nitrogen and oxygen atoms in total. The molecule has 0 unspecified atom stereocenters. The maximum Gasteiger partial charge on any atom is 0.408 e. The smallest absolute Gasteiger partial charge is 0.408 e. The fourth-order valence-corrected chi connectivity index (χ4v) is 2.55. The van der Waals surface area contributed by atoms with Gasteiger partial charge in [-0.15, -0.1) is 0 Å². The van der Waals surface area contributed by atoms with Crippen molar-refractivity contribution in [3.05, 3.63) is 30.4 Å². The normalized spacial score (nSPS) is 17.0. The molecule has 0 saturated heterocycles. The van der Waals surface area contributed by atoms with Crippen molar-refractivity contribution in [1.29, 1.82) is 0 Å². The number of ether oxygens (including phenoxy) is 1. The van der Waals surface area contributed by atoms with Crippen LogP contribution < -0.4 is 5.32 Å². The highest BCUT2D eigenvalue weighted by atomic mass is 16.6. The molecule has 1 aliphatic carbocycles. The predicted octanol–water partition coefficient (Wildman–Crippen LogP) is 3.75. The van der Waals surface area contributed by atoms with Gasteiger partial charge >= 0.3 is 6.09 Å². The Morgan fingerprint density at radius 3 is 2.71 bits per heavy atom. The van der Waals surface area contributed by atoms with Crippen LogP contribution in [-0.4, -0.2) is 21.2 Å². The summed E-state index contributed by atoms with van der Waals surface area (Å²) in [6, 6.07) is 0.333. The van der Waals surface area contributed by atoms with E-state index >= 15 is 0 Å². The Kier molecular flexibility index (Phi) is 4.70. The number of aromatic nitrogens is 2. The minimum absolute atomic E-state index is 0.0806. The highest BCUT2D eigenvalue weighted by Crippen LogP contribution is 2.28. The number of carbonyl (C=O) groups is 1. The molecule has 0 spiro atoms. The Bertz CT molecular complexity index is 506. The highest BCUT2D eigenvalue weighted by molar-refractivity contribution is 5.68. The van der Waals surface area contributed by atoms with Crippen LogP contribution in [0.15, 0.2) is 24.7 Å². The molecule has 0 fully saturated rings. The Balaban J connectivity index is 2.07. The zero-order valence-electron chi connectivity index (χ0n) is 13.3. The second-order valence-corrected chi connectivity index (χ2v) is 6.43. The number of hydrogen-bond donors (Lipinski definition) is 1. The molecule has 0 aromatic carbocycles. The number of rotatable bonds is 4. The summed E-state index contributed by atoms with van der Waals surface area (Å²) in [7, 11) is 0. The van der Waals surface area contributed by atoms with Crippen molar-refractivity contribution in [1.82, 2.24) is 14.9 Å². The van der Waals surface area contributed by atoms with E-state index in [0.717, 1.165) is 25.0 Å². The molecule has 1 aromatic rings. The van der Waals surface area contributed by atoms with Gasteiger partial charge < -0.3 is 14.6 Å². The number of hydrogen-bond acceptors (Lipinski definition) is 3. The summed E-state index contributed by atoms with van der Waals surface area (Å²) < 4.78 is 7.51. The van der Waals surface area contributed by atoms with Crippen LogP contribution in [-0.2, 0) is 4.74 Å². The number of nitrogens with zero attached hydrogens (tertiary/aromatic N) is 2. The van der Waals surface area contributed by atoms with Gasteiger partial charge in [-0.3, -0.25) is 0 Å². The number of carbonyl (C=O) groups excluding carboxylic acids is 1. The van der Waals surface area contributed by atoms with Gasteiger partial charge in [0.25, 0.3) is 0 Å². The van der Waals surface area contributed by atoms with E-state index in [0.29, 0.717) is 6.04 Å². The second kappa shape index (κ2) is 6.33. The molecule has 2 rings (SSSR count). The summed E-state index contributed by atoms with van der Waals surface area (Å²) in [6.45, 7) is 7.64. The first-order valence-electron chi connectivity index (χ1n) is 7.57. The molecular weight excluding hydrogens is 266 g/mol. The summed E-state index contributed by atoms with van der Waals surface area (Å²) in [5, 5.41) is 2.95. The molecule has 1 aliphatic rings. The number of alkyl carbamates (subject to hydrolysis) is 1. The quantitative estimate of drug-likeness (QED) is 0.860. The fraction of sp³-hybridized carbons (Fsp3) is 0.625. The Morgan fingerprint density at radius 2 is 2.14 bits per heavy atom. The molecule has 116 valence electrons. The van der Waals surface area contributed by atoms with Crippen LogP contribution in [0.5, 0.6) is 0 Å². The van der Waals surface area contributed by atoms with Crippen molar-refractivity contribution >= 4 is 6.09 Å². The highest BCUT2D eigenvalue weighted by Gasteiger charge is 2.24. The molecule has 0 bridgehead atoms. The van der Waals surface area contributed by atoms with E-state index in [4.69, 9.17) is 4.74 Å². The van der Waals surface area contributed by atoms with E-state index < -0.39 is 5.60 Å². The standard InChI is InChI=1S/C16H25N3O2/c1-5-13(18-15(20)21-16(2,3)4)14-10-17-11-19(14)12-8-6-7-9-12/h6-7,10-13H,5,8-9H2,1-4H3,(H,18,20)/t13-/m1/s1. The Hall–Kier alpha value is -1.78. The summed E-state index contributed by atoms with van der Waals surface area (Å²) in [5.74, 6) is 0. The van der Waals surface area contributed by atoms with E-state index in [1.54, 1.807) is 0 Å². The first kappa shape index (κ1) is 15.6. The number of imidazole rings is 1. The van der Waals surface area contributed by atoms with Gasteiger partial charge in [-0.1, -0.05) is 19.1 Å². The van der Waals surface area contributed by atoms with Crippen molar-refractivity contribution in [2.45, 2.75) is 64.6 Å². The minimum Gasteiger partial charge on any atom is -0.444 e. The van der Waals surface area contributed by atoms with E-state index in [1.165, 1.54) is 0 Å². The van der Waals surface area contributed by atoms with Gasteiger partial charge in [-0.2, -0.15) is 0 Å². The summed E-state index contributed by atoms with van der Waals surface area (Å²) in [4.78, 5) is 16.2. The van der Waals surface area contributed by atoms with Crippen molar-refractivity contribution in [2.75, 3.05) is 0 Å². The van der Waals surface area contributed by atoms with E-state index in [1.807, 2.05) is 40.2 Å². The summed E-state index contributed by atoms with van der Waals surface area (Å²) in [6.07, 6.45) is 10.5. The van der Waals surface area contributed by atoms with Crippen LogP contribution in [0.2, 0.25) is 0 Å². The Labute approximate surface area is 126 Å². The third-order valence-corrected chi connectivity index (χ3v) is 3.53. The topological polar surface area (TPSA) is 56.1 Å². The molecular formula is C16H25N3O2. The van der Waals surface area contributed by atoms with Crippen molar-refractivity contribution in [3.8, 4) is 0 Å². The zero-order chi connectivity index (χ0) is 15.5. The zero-order valence-corrected chi connectivity index (χ0v) is 13.3. The first-order valence-corrected chi connectivity index (χ1v) is 7.57. The molecule has 1 amide bonds. The molecule has 0 aliphatic heterocycles. The van der Waals surface area contributed by atoms with Gasteiger partial charge in [0.1, 0.15) is 5.60 Å². The molecule has 1 atom stereocenters. The van der Waals surface area contributed by atoms with Gasteiger partial charge in [-0.25, -0.2) is 9.78 Å². The average Bonchev–Trinajstić information content (AvgIpc) is 3.03. The van der Waals surface area contributed by atoms with Gasteiger partial charge in [-0.05, 0) is 40.0 Å². The number of amides is 1. The summed E-state index contributed by atoms with van der Waals surface area (Å²) in [5.41, 5.74) is 0.551. The third kappa shape index (κ3) is 4.09. The van der Waals surface area contributed by atoms with Crippen LogP contribution in [0.3, 0.4) is 0 Å². The molecule has 0 saturated carbocycles. The lowest BCUT2D eigenvalue weighted by Crippen LogP contribution is -2.35. The monoisotopic (exact) mass is 291 g/mol. The van der Waals surface area contributed by atoms with Gasteiger partial charge in [0.05, 0.1) is 24.3 Å². The molecule has 21 heavy (non-hydrogen) atoms. The largest absolute Gasteiger partial charge is 0.444 e. The van der Waals surface area contributed by atoms with Crippen molar-refractivity contribution < 1.29 is 9.53 Å². The van der Waals surface area contributed by atoms with Gasteiger partial charge in [0, 0.05) is 6.04 Å². The maximum absolute atomic E-state index is 12.0. The van der Waals surface area contributed by atoms with Crippen molar-refractivity contribution in [2.24, 2.45) is 0 Å². The third-order valence-electron chi connectivity index (χ3n) is 3.53. The van der Waals surface area contributed by atoms with Crippen LogP contribution in [0.25, 0.3) is 0 Å². The van der Waals surface area contributed by atoms with Crippen LogP contribution >= 0.6 is 0 Å². The lowest BCUT2D eigenvalue weighted by molar-refractivity contribution is 0.0499. The number of allylic oxidation sites excluding steroid dienone is 2. The molecule has 1 aromatic heterocycles. The fourth-order valence-electron chi connectivity index (χ4n) is 2.55. The van der Waals surface area contributed by atoms with E-state index in [9.17, 15) is 4.79 Å². The van der Waals surface area contributed by atoms with Gasteiger partial charge in [0.2, 0.25) is 0 Å². The van der Waals surface area contributed by atoms with Crippen LogP contribution in [0.1, 0.15) is 64.7 Å².